The minimum Gasteiger partial charge on any atom is -0.350 e. The zero-order chi connectivity index (χ0) is 17.8. The number of hydrogen-bond acceptors (Lipinski definition) is 4. The van der Waals surface area contributed by atoms with E-state index in [-0.39, 0.29) is 18.0 Å². The number of rotatable bonds is 5. The third-order valence-electron chi connectivity index (χ3n) is 3.97. The van der Waals surface area contributed by atoms with E-state index in [4.69, 9.17) is 0 Å². The van der Waals surface area contributed by atoms with Gasteiger partial charge in [0.25, 0.3) is 5.56 Å². The Morgan fingerprint density at radius 1 is 1.16 bits per heavy atom. The Kier molecular flexibility index (Phi) is 5.19. The Bertz CT molecular complexity index is 965. The van der Waals surface area contributed by atoms with Crippen LogP contribution in [0.1, 0.15) is 11.3 Å². The van der Waals surface area contributed by atoms with E-state index in [2.05, 4.69) is 10.3 Å². The van der Waals surface area contributed by atoms with Crippen LogP contribution >= 0.6 is 11.8 Å². The van der Waals surface area contributed by atoms with Gasteiger partial charge in [0.05, 0.1) is 11.0 Å². The standard InChI is InChI=1S/C19H19N3O2S/c1-13-19(24)22(17-6-4-3-5-16(17)21-13)12-18(23)20-11-14-7-9-15(25-2)10-8-14/h3-10H,11-12H2,1-2H3,(H,20,23). The molecule has 0 aliphatic rings. The molecule has 2 aromatic carbocycles. The van der Waals surface area contributed by atoms with Crippen molar-refractivity contribution in [3.05, 3.63) is 70.1 Å². The number of fused-ring (bicyclic) bond motifs is 1. The summed E-state index contributed by atoms with van der Waals surface area (Å²) in [6, 6.07) is 15.4. The van der Waals surface area contributed by atoms with Crippen LogP contribution in [0.15, 0.2) is 58.2 Å². The number of hydrogen-bond donors (Lipinski definition) is 1. The van der Waals surface area contributed by atoms with Crippen LogP contribution in [0, 0.1) is 6.92 Å². The van der Waals surface area contributed by atoms with Gasteiger partial charge in [-0.1, -0.05) is 24.3 Å². The maximum Gasteiger partial charge on any atom is 0.272 e. The van der Waals surface area contributed by atoms with E-state index in [0.29, 0.717) is 23.3 Å². The molecule has 1 aromatic heterocycles. The highest BCUT2D eigenvalue weighted by atomic mass is 32.2. The van der Waals surface area contributed by atoms with E-state index in [1.54, 1.807) is 24.8 Å². The molecular weight excluding hydrogens is 334 g/mol. The monoisotopic (exact) mass is 353 g/mol. The fraction of sp³-hybridized carbons (Fsp3) is 0.211. The molecule has 0 radical (unpaired) electrons. The molecule has 0 atom stereocenters. The summed E-state index contributed by atoms with van der Waals surface area (Å²) >= 11 is 1.68. The van der Waals surface area contributed by atoms with Crippen LogP contribution in [0.3, 0.4) is 0 Å². The SMILES string of the molecule is CSc1ccc(CNC(=O)Cn2c(=O)c(C)nc3ccccc32)cc1. The normalized spacial score (nSPS) is 10.8. The average Bonchev–Trinajstić information content (AvgIpc) is 2.64. The van der Waals surface area contributed by atoms with E-state index in [9.17, 15) is 9.59 Å². The lowest BCUT2D eigenvalue weighted by molar-refractivity contribution is -0.121. The van der Waals surface area contributed by atoms with Crippen molar-refractivity contribution in [2.24, 2.45) is 0 Å². The molecule has 128 valence electrons. The first-order valence-electron chi connectivity index (χ1n) is 7.94. The number of aromatic nitrogens is 2. The van der Waals surface area contributed by atoms with Crippen LogP contribution in [0.4, 0.5) is 0 Å². The summed E-state index contributed by atoms with van der Waals surface area (Å²) in [6.45, 7) is 2.08. The Morgan fingerprint density at radius 2 is 1.88 bits per heavy atom. The van der Waals surface area contributed by atoms with Crippen LogP contribution in [-0.4, -0.2) is 21.7 Å². The van der Waals surface area contributed by atoms with E-state index in [1.807, 2.05) is 48.7 Å². The molecule has 0 aliphatic heterocycles. The van der Waals surface area contributed by atoms with Crippen molar-refractivity contribution in [3.63, 3.8) is 0 Å². The van der Waals surface area contributed by atoms with Crippen LogP contribution in [0.5, 0.6) is 0 Å². The summed E-state index contributed by atoms with van der Waals surface area (Å²) in [5.41, 5.74) is 2.55. The van der Waals surface area contributed by atoms with Crippen LogP contribution in [-0.2, 0) is 17.9 Å². The van der Waals surface area contributed by atoms with Crippen LogP contribution in [0.25, 0.3) is 11.0 Å². The van der Waals surface area contributed by atoms with Crippen molar-refractivity contribution >= 4 is 28.7 Å². The summed E-state index contributed by atoms with van der Waals surface area (Å²) in [6.07, 6.45) is 2.02. The molecule has 0 saturated carbocycles. The van der Waals surface area contributed by atoms with Crippen molar-refractivity contribution in [2.75, 3.05) is 6.26 Å². The third-order valence-corrected chi connectivity index (χ3v) is 4.71. The molecule has 6 heteroatoms. The van der Waals surface area contributed by atoms with Gasteiger partial charge in [-0.3, -0.25) is 14.2 Å². The zero-order valence-corrected chi connectivity index (χ0v) is 15.0. The van der Waals surface area contributed by atoms with Crippen LogP contribution in [0.2, 0.25) is 0 Å². The first-order chi connectivity index (χ1) is 12.1. The zero-order valence-electron chi connectivity index (χ0n) is 14.2. The second-order valence-corrected chi connectivity index (χ2v) is 6.58. The predicted octanol–water partition coefficient (Wildman–Crippen LogP) is 2.74. The smallest absolute Gasteiger partial charge is 0.272 e. The van der Waals surface area contributed by atoms with E-state index in [1.165, 1.54) is 9.46 Å². The molecule has 0 aliphatic carbocycles. The van der Waals surface area contributed by atoms with Crippen LogP contribution < -0.4 is 10.9 Å². The molecule has 0 unspecified atom stereocenters. The van der Waals surface area contributed by atoms with Crippen molar-refractivity contribution in [1.82, 2.24) is 14.9 Å². The molecule has 0 bridgehead atoms. The van der Waals surface area contributed by atoms with Gasteiger partial charge < -0.3 is 5.32 Å². The minimum atomic E-state index is -0.238. The Labute approximate surface area is 150 Å². The van der Waals surface area contributed by atoms with Gasteiger partial charge in [0, 0.05) is 11.4 Å². The lowest BCUT2D eigenvalue weighted by atomic mass is 10.2. The number of carbonyl (C=O) groups excluding carboxylic acids is 1. The molecule has 3 aromatic rings. The van der Waals surface area contributed by atoms with Gasteiger partial charge in [0.2, 0.25) is 5.91 Å². The Balaban J connectivity index is 1.75. The summed E-state index contributed by atoms with van der Waals surface area (Å²) in [7, 11) is 0. The van der Waals surface area contributed by atoms with Crippen molar-refractivity contribution in [2.45, 2.75) is 24.9 Å². The highest BCUT2D eigenvalue weighted by Crippen LogP contribution is 2.14. The van der Waals surface area contributed by atoms with Gasteiger partial charge >= 0.3 is 0 Å². The number of para-hydroxylation sites is 2. The fourth-order valence-electron chi connectivity index (χ4n) is 2.62. The van der Waals surface area contributed by atoms with Gasteiger partial charge in [-0.2, -0.15) is 0 Å². The highest BCUT2D eigenvalue weighted by molar-refractivity contribution is 7.98. The van der Waals surface area contributed by atoms with Gasteiger partial charge in [-0.25, -0.2) is 4.98 Å². The molecule has 1 heterocycles. The van der Waals surface area contributed by atoms with Gasteiger partial charge in [-0.15, -0.1) is 11.8 Å². The summed E-state index contributed by atoms with van der Waals surface area (Å²) in [5, 5.41) is 2.87. The van der Waals surface area contributed by atoms with Crippen molar-refractivity contribution < 1.29 is 4.79 Å². The molecule has 25 heavy (non-hydrogen) atoms. The van der Waals surface area contributed by atoms with Crippen molar-refractivity contribution in [3.8, 4) is 0 Å². The van der Waals surface area contributed by atoms with Gasteiger partial charge in [0.15, 0.2) is 0 Å². The van der Waals surface area contributed by atoms with E-state index in [0.717, 1.165) is 5.56 Å². The number of aryl methyl sites for hydroxylation is 1. The summed E-state index contributed by atoms with van der Waals surface area (Å²) in [4.78, 5) is 30.2. The second kappa shape index (κ2) is 7.53. The van der Waals surface area contributed by atoms with Crippen molar-refractivity contribution in [1.29, 1.82) is 0 Å². The number of carbonyl (C=O) groups is 1. The number of benzene rings is 2. The largest absolute Gasteiger partial charge is 0.350 e. The topological polar surface area (TPSA) is 64.0 Å². The van der Waals surface area contributed by atoms with Gasteiger partial charge in [0.1, 0.15) is 12.2 Å². The van der Waals surface area contributed by atoms with E-state index < -0.39 is 0 Å². The molecule has 1 amide bonds. The summed E-state index contributed by atoms with van der Waals surface area (Å²) < 4.78 is 1.48. The predicted molar refractivity (Wildman–Crippen MR) is 101 cm³/mol. The quantitative estimate of drug-likeness (QED) is 0.717. The molecule has 0 spiro atoms. The minimum absolute atomic E-state index is 0.0222. The Morgan fingerprint density at radius 3 is 2.60 bits per heavy atom. The second-order valence-electron chi connectivity index (χ2n) is 5.70. The summed E-state index contributed by atoms with van der Waals surface area (Å²) in [5.74, 6) is -0.202. The maximum absolute atomic E-state index is 12.4. The number of amides is 1. The third kappa shape index (κ3) is 3.91. The first-order valence-corrected chi connectivity index (χ1v) is 9.17. The number of thioether (sulfide) groups is 1. The number of nitrogens with one attached hydrogen (secondary N) is 1. The molecule has 3 rings (SSSR count). The Hall–Kier alpha value is -2.60. The molecular formula is C19H19N3O2S. The average molecular weight is 353 g/mol. The van der Waals surface area contributed by atoms with Gasteiger partial charge in [-0.05, 0) is 43.0 Å². The molecule has 5 nitrogen and oxygen atoms in total. The van der Waals surface area contributed by atoms with E-state index >= 15 is 0 Å². The fourth-order valence-corrected chi connectivity index (χ4v) is 3.03. The molecule has 0 saturated heterocycles. The molecule has 1 N–H and O–H groups in total. The first kappa shape index (κ1) is 17.2. The lowest BCUT2D eigenvalue weighted by Gasteiger charge is -2.11. The highest BCUT2D eigenvalue weighted by Gasteiger charge is 2.11. The number of nitrogens with zero attached hydrogens (tertiary/aromatic N) is 2. The molecule has 0 fully saturated rings. The lowest BCUT2D eigenvalue weighted by Crippen LogP contribution is -2.33. The maximum atomic E-state index is 12.4.